The molecule has 9 heteroatoms. The van der Waals surface area contributed by atoms with Gasteiger partial charge < -0.3 is 20.3 Å². The summed E-state index contributed by atoms with van der Waals surface area (Å²) >= 11 is 1.17. The van der Waals surface area contributed by atoms with Gasteiger partial charge in [0.05, 0.1) is 13.1 Å². The van der Waals surface area contributed by atoms with Crippen molar-refractivity contribution >= 4 is 23.3 Å². The summed E-state index contributed by atoms with van der Waals surface area (Å²) in [6.07, 6.45) is 1.41. The highest BCUT2D eigenvalue weighted by Crippen LogP contribution is 2.09. The number of aromatic carboxylic acids is 1. The summed E-state index contributed by atoms with van der Waals surface area (Å²) in [7, 11) is 0. The van der Waals surface area contributed by atoms with Gasteiger partial charge in [0.1, 0.15) is 17.0 Å². The molecule has 100 valence electrons. The van der Waals surface area contributed by atoms with Gasteiger partial charge in [0.2, 0.25) is 0 Å². The molecule has 2 heterocycles. The van der Waals surface area contributed by atoms with Gasteiger partial charge in [0.25, 0.3) is 0 Å². The smallest absolute Gasteiger partial charge is 0.355 e. The number of nitrogens with zero attached hydrogens (tertiary/aromatic N) is 2. The van der Waals surface area contributed by atoms with E-state index in [9.17, 15) is 9.59 Å². The number of rotatable bonds is 5. The first kappa shape index (κ1) is 13.0. The maximum Gasteiger partial charge on any atom is 0.355 e. The van der Waals surface area contributed by atoms with Gasteiger partial charge in [-0.3, -0.25) is 0 Å². The third-order valence-electron chi connectivity index (χ3n) is 2.09. The second kappa shape index (κ2) is 5.96. The number of carboxylic acid groups (broad SMARTS) is 1. The zero-order valence-corrected chi connectivity index (χ0v) is 10.4. The molecule has 2 rings (SSSR count). The number of hydrogen-bond acceptors (Lipinski definition) is 6. The first-order valence-corrected chi connectivity index (χ1v) is 6.12. The maximum atomic E-state index is 11.4. The fraction of sp³-hybridized carbons (Fsp3) is 0.200. The van der Waals surface area contributed by atoms with Gasteiger partial charge in [-0.15, -0.1) is 11.3 Å². The highest BCUT2D eigenvalue weighted by molar-refractivity contribution is 7.09. The Morgan fingerprint density at radius 2 is 2.16 bits per heavy atom. The van der Waals surface area contributed by atoms with Crippen LogP contribution < -0.4 is 10.6 Å². The Hall–Kier alpha value is -2.42. The summed E-state index contributed by atoms with van der Waals surface area (Å²) in [6.45, 7) is 0.420. The molecular weight excluding hydrogens is 272 g/mol. The van der Waals surface area contributed by atoms with E-state index in [1.807, 2.05) is 0 Å². The zero-order valence-electron chi connectivity index (χ0n) is 9.62. The van der Waals surface area contributed by atoms with Crippen molar-refractivity contribution in [3.8, 4) is 0 Å². The molecule has 2 aromatic rings. The summed E-state index contributed by atoms with van der Waals surface area (Å²) in [6, 6.07) is 1.25. The van der Waals surface area contributed by atoms with Crippen LogP contribution >= 0.6 is 11.3 Å². The molecular formula is C10H10N4O4S. The number of hydrogen-bond donors (Lipinski definition) is 3. The highest BCUT2D eigenvalue weighted by Gasteiger charge is 2.09. The Balaban J connectivity index is 1.75. The van der Waals surface area contributed by atoms with Crippen molar-refractivity contribution in [2.45, 2.75) is 13.1 Å². The van der Waals surface area contributed by atoms with Gasteiger partial charge in [0.15, 0.2) is 5.69 Å². The van der Waals surface area contributed by atoms with Crippen molar-refractivity contribution in [1.82, 2.24) is 20.8 Å². The van der Waals surface area contributed by atoms with E-state index in [1.165, 1.54) is 23.0 Å². The molecule has 0 atom stereocenters. The molecule has 0 saturated heterocycles. The Labute approximate surface area is 111 Å². The lowest BCUT2D eigenvalue weighted by molar-refractivity contribution is 0.0691. The van der Waals surface area contributed by atoms with E-state index in [-0.39, 0.29) is 18.8 Å². The molecule has 0 aliphatic rings. The molecule has 19 heavy (non-hydrogen) atoms. The zero-order chi connectivity index (χ0) is 13.7. The van der Waals surface area contributed by atoms with Gasteiger partial charge in [-0.2, -0.15) is 0 Å². The lowest BCUT2D eigenvalue weighted by Gasteiger charge is -2.03. The average molecular weight is 282 g/mol. The molecule has 0 spiro atoms. The van der Waals surface area contributed by atoms with Crippen LogP contribution in [0.5, 0.6) is 0 Å². The van der Waals surface area contributed by atoms with E-state index in [1.54, 1.807) is 6.07 Å². The van der Waals surface area contributed by atoms with Gasteiger partial charge in [-0.1, -0.05) is 5.16 Å². The van der Waals surface area contributed by atoms with Crippen LogP contribution in [-0.4, -0.2) is 27.2 Å². The highest BCUT2D eigenvalue weighted by atomic mass is 32.1. The molecule has 0 radical (unpaired) electrons. The lowest BCUT2D eigenvalue weighted by atomic mass is 10.4. The van der Waals surface area contributed by atoms with Crippen LogP contribution in [0.2, 0.25) is 0 Å². The molecule has 0 saturated carbocycles. The molecule has 2 aromatic heterocycles. The molecule has 2 amide bonds. The van der Waals surface area contributed by atoms with Crippen molar-refractivity contribution in [1.29, 1.82) is 0 Å². The number of carbonyl (C=O) groups is 2. The number of carbonyl (C=O) groups excluding carboxylic acids is 1. The fourth-order valence-electron chi connectivity index (χ4n) is 1.21. The van der Waals surface area contributed by atoms with Gasteiger partial charge >= 0.3 is 12.0 Å². The second-order valence-electron chi connectivity index (χ2n) is 3.46. The summed E-state index contributed by atoms with van der Waals surface area (Å²) in [5, 5.41) is 19.4. The predicted octanol–water partition coefficient (Wildman–Crippen LogP) is 0.829. The van der Waals surface area contributed by atoms with E-state index in [4.69, 9.17) is 5.11 Å². The normalized spacial score (nSPS) is 10.1. The Morgan fingerprint density at radius 1 is 1.37 bits per heavy atom. The average Bonchev–Trinajstić information content (AvgIpc) is 3.05. The van der Waals surface area contributed by atoms with Crippen LogP contribution in [-0.2, 0) is 13.1 Å². The largest absolute Gasteiger partial charge is 0.476 e. The number of carboxylic acids is 1. The monoisotopic (exact) mass is 282 g/mol. The first-order valence-electron chi connectivity index (χ1n) is 5.24. The number of thiazole rings is 1. The van der Waals surface area contributed by atoms with Crippen LogP contribution in [0.1, 0.15) is 21.2 Å². The molecule has 8 nitrogen and oxygen atoms in total. The first-order chi connectivity index (χ1) is 9.15. The number of urea groups is 1. The van der Waals surface area contributed by atoms with Crippen molar-refractivity contribution in [3.63, 3.8) is 0 Å². The second-order valence-corrected chi connectivity index (χ2v) is 4.40. The van der Waals surface area contributed by atoms with Crippen LogP contribution in [0.4, 0.5) is 4.79 Å². The van der Waals surface area contributed by atoms with Crippen molar-refractivity contribution < 1.29 is 19.2 Å². The Bertz CT molecular complexity index is 566. The summed E-state index contributed by atoms with van der Waals surface area (Å²) in [4.78, 5) is 25.9. The quantitative estimate of drug-likeness (QED) is 0.747. The minimum atomic E-state index is -1.09. The molecule has 0 bridgehead atoms. The number of nitrogens with one attached hydrogen (secondary N) is 2. The predicted molar refractivity (Wildman–Crippen MR) is 64.7 cm³/mol. The van der Waals surface area contributed by atoms with Crippen molar-refractivity contribution in [2.75, 3.05) is 0 Å². The molecule has 0 aliphatic heterocycles. The summed E-state index contributed by atoms with van der Waals surface area (Å²) in [5.74, 6) is -1.09. The minimum absolute atomic E-state index is 0.0233. The molecule has 0 unspecified atom stereocenters. The lowest BCUT2D eigenvalue weighted by Crippen LogP contribution is -2.34. The van der Waals surface area contributed by atoms with Crippen molar-refractivity contribution in [2.24, 2.45) is 0 Å². The standard InChI is InChI=1S/C10H10N4O4S/c15-9(16)7-5-19-8(13-7)4-12-10(17)11-3-6-1-2-18-14-6/h1-2,5H,3-4H2,(H,15,16)(H2,11,12,17). The molecule has 0 fully saturated rings. The SMILES string of the molecule is O=C(NCc1ccon1)NCc1nc(C(=O)O)cs1. The maximum absolute atomic E-state index is 11.4. The summed E-state index contributed by atoms with van der Waals surface area (Å²) in [5.41, 5.74) is 0.586. The number of amides is 2. The van der Waals surface area contributed by atoms with Crippen LogP contribution in [0.15, 0.2) is 22.2 Å². The third-order valence-corrected chi connectivity index (χ3v) is 2.94. The number of aromatic nitrogens is 2. The topological polar surface area (TPSA) is 117 Å². The fourth-order valence-corrected chi connectivity index (χ4v) is 1.92. The molecule has 0 aromatic carbocycles. The van der Waals surface area contributed by atoms with Crippen LogP contribution in [0, 0.1) is 0 Å². The van der Waals surface area contributed by atoms with E-state index in [2.05, 4.69) is 25.3 Å². The molecule has 3 N–H and O–H groups in total. The van der Waals surface area contributed by atoms with Crippen molar-refractivity contribution in [3.05, 3.63) is 34.1 Å². The van der Waals surface area contributed by atoms with Gasteiger partial charge in [-0.05, 0) is 0 Å². The molecule has 0 aliphatic carbocycles. The summed E-state index contributed by atoms with van der Waals surface area (Å²) < 4.78 is 4.62. The van der Waals surface area contributed by atoms with E-state index in [0.717, 1.165) is 0 Å². The Morgan fingerprint density at radius 3 is 2.79 bits per heavy atom. The van der Waals surface area contributed by atoms with E-state index in [0.29, 0.717) is 10.7 Å². The van der Waals surface area contributed by atoms with E-state index >= 15 is 0 Å². The van der Waals surface area contributed by atoms with Crippen LogP contribution in [0.3, 0.4) is 0 Å². The minimum Gasteiger partial charge on any atom is -0.476 e. The van der Waals surface area contributed by atoms with Crippen LogP contribution in [0.25, 0.3) is 0 Å². The van der Waals surface area contributed by atoms with Gasteiger partial charge in [-0.25, -0.2) is 14.6 Å². The Kier molecular flexibility index (Phi) is 4.08. The van der Waals surface area contributed by atoms with Gasteiger partial charge in [0, 0.05) is 11.4 Å². The third kappa shape index (κ3) is 3.78. The van der Waals surface area contributed by atoms with E-state index < -0.39 is 12.0 Å².